The largest absolute Gasteiger partial charge is 0.480 e. The minimum absolute atomic E-state index is 0.0352. The number of piperidine rings is 1. The number of amides is 4. The maximum atomic E-state index is 13.6. The number of nitrogens with one attached hydrogen (secondary N) is 4. The van der Waals surface area contributed by atoms with Crippen LogP contribution in [0.3, 0.4) is 0 Å². The quantitative estimate of drug-likeness (QED) is 0.229. The molecule has 5 N–H and O–H groups in total. The molecule has 1 aromatic carbocycles. The minimum atomic E-state index is -1.14. The van der Waals surface area contributed by atoms with E-state index >= 15 is 0 Å². The van der Waals surface area contributed by atoms with Crippen molar-refractivity contribution in [2.75, 3.05) is 0 Å². The fourth-order valence-electron chi connectivity index (χ4n) is 5.59. The lowest BCUT2D eigenvalue weighted by Crippen LogP contribution is -2.59. The number of nitrogens with zero attached hydrogens (tertiary/aromatic N) is 1. The molecule has 2 heterocycles. The normalized spacial score (nSPS) is 19.3. The molecule has 1 aromatic heterocycles. The number of carbonyl (C=O) groups is 4. The molecule has 0 saturated carbocycles. The molecule has 11 heteroatoms. The van der Waals surface area contributed by atoms with Gasteiger partial charge in [-0.25, -0.2) is 9.59 Å². The van der Waals surface area contributed by atoms with Gasteiger partial charge < -0.3 is 30.9 Å². The minimum Gasteiger partial charge on any atom is -0.480 e. The molecule has 2 aromatic rings. The molecule has 4 amide bonds. The number of para-hydroxylation sites is 1. The summed E-state index contributed by atoms with van der Waals surface area (Å²) in [6.07, 6.45) is 5.57. The molecule has 0 bridgehead atoms. The summed E-state index contributed by atoms with van der Waals surface area (Å²) in [5.74, 6) is -2.26. The standard InChI is InChI=1S/C30H44ClN5O5/c1-5-7-15-24(29(39)40)33-28(38)25(17-21-20-14-8-9-16-22(20)32-26(21)31)34-27(37)23(11-6-2)35-30(41)36-18(3)12-10-13-19(36)4/h8-9,14,16,18-19,23-25,32H,5-7,10-13,15,17H2,1-4H3,(H,33,38)(H,34,37)(H,35,41)(H,39,40)/t18-,19+,23-,24+,25+/m0/s1. The highest BCUT2D eigenvalue weighted by Crippen LogP contribution is 2.27. The molecule has 5 atom stereocenters. The van der Waals surface area contributed by atoms with Gasteiger partial charge in [0.15, 0.2) is 0 Å². The van der Waals surface area contributed by atoms with Gasteiger partial charge in [0.05, 0.1) is 0 Å². The second kappa shape index (κ2) is 15.1. The molecule has 0 aliphatic carbocycles. The van der Waals surface area contributed by atoms with Gasteiger partial charge in [0.1, 0.15) is 23.3 Å². The van der Waals surface area contributed by atoms with Crippen LogP contribution in [0.15, 0.2) is 24.3 Å². The third-order valence-corrected chi connectivity index (χ3v) is 8.21. The Morgan fingerprint density at radius 2 is 1.59 bits per heavy atom. The van der Waals surface area contributed by atoms with Crippen LogP contribution in [-0.2, 0) is 20.8 Å². The van der Waals surface area contributed by atoms with Gasteiger partial charge in [-0.1, -0.05) is 62.9 Å². The van der Waals surface area contributed by atoms with E-state index in [2.05, 4.69) is 20.9 Å². The Bertz CT molecular complexity index is 1210. The number of aliphatic carboxylic acids is 1. The number of rotatable bonds is 13. The first-order valence-electron chi connectivity index (χ1n) is 14.7. The first kappa shape index (κ1) is 32.2. The summed E-state index contributed by atoms with van der Waals surface area (Å²) in [6.45, 7) is 7.87. The van der Waals surface area contributed by atoms with Crippen LogP contribution in [0, 0.1) is 0 Å². The third-order valence-electron chi connectivity index (χ3n) is 7.88. The molecule has 41 heavy (non-hydrogen) atoms. The van der Waals surface area contributed by atoms with Crippen LogP contribution < -0.4 is 16.0 Å². The van der Waals surface area contributed by atoms with Crippen LogP contribution in [0.2, 0.25) is 5.15 Å². The van der Waals surface area contributed by atoms with E-state index in [4.69, 9.17) is 11.6 Å². The Hall–Kier alpha value is -3.27. The fourth-order valence-corrected chi connectivity index (χ4v) is 5.87. The Morgan fingerprint density at radius 1 is 0.951 bits per heavy atom. The SMILES string of the molecule is CCCC[C@@H](NC(=O)[C@@H](Cc1c(Cl)[nH]c2ccccc12)NC(=O)[C@H](CCC)NC(=O)N1[C@H](C)CCC[C@@H]1C)C(=O)O. The van der Waals surface area contributed by atoms with E-state index in [1.54, 1.807) is 4.90 Å². The Kier molecular flexibility index (Phi) is 11.9. The number of carboxylic acids is 1. The molecular weight excluding hydrogens is 546 g/mol. The number of carbonyl (C=O) groups excluding carboxylic acids is 3. The average Bonchev–Trinajstić information content (AvgIpc) is 3.24. The van der Waals surface area contributed by atoms with Gasteiger partial charge in [0.2, 0.25) is 11.8 Å². The van der Waals surface area contributed by atoms with Crippen LogP contribution in [0.4, 0.5) is 4.79 Å². The molecule has 0 unspecified atom stereocenters. The molecule has 3 rings (SSSR count). The molecule has 10 nitrogen and oxygen atoms in total. The zero-order chi connectivity index (χ0) is 30.1. The summed E-state index contributed by atoms with van der Waals surface area (Å²) < 4.78 is 0. The molecule has 1 fully saturated rings. The van der Waals surface area contributed by atoms with E-state index in [9.17, 15) is 24.3 Å². The third kappa shape index (κ3) is 8.38. The number of aromatic nitrogens is 1. The van der Waals surface area contributed by atoms with Crippen molar-refractivity contribution in [3.63, 3.8) is 0 Å². The highest BCUT2D eigenvalue weighted by atomic mass is 35.5. The second-order valence-electron chi connectivity index (χ2n) is 11.1. The first-order chi connectivity index (χ1) is 19.6. The van der Waals surface area contributed by atoms with E-state index in [0.29, 0.717) is 30.0 Å². The molecule has 1 aliphatic rings. The van der Waals surface area contributed by atoms with Crippen LogP contribution in [0.5, 0.6) is 0 Å². The van der Waals surface area contributed by atoms with E-state index in [1.165, 1.54) is 0 Å². The van der Waals surface area contributed by atoms with Gasteiger partial charge in [-0.2, -0.15) is 0 Å². The lowest BCUT2D eigenvalue weighted by atomic mass is 9.98. The number of halogens is 1. The predicted octanol–water partition coefficient (Wildman–Crippen LogP) is 4.75. The number of hydrogen-bond acceptors (Lipinski definition) is 4. The zero-order valence-corrected chi connectivity index (χ0v) is 25.2. The number of likely N-dealkylation sites (tertiary alicyclic amines) is 1. The van der Waals surface area contributed by atoms with Crippen molar-refractivity contribution in [2.45, 2.75) is 116 Å². The van der Waals surface area contributed by atoms with Gasteiger partial charge >= 0.3 is 12.0 Å². The van der Waals surface area contributed by atoms with Crippen LogP contribution in [-0.4, -0.2) is 69.0 Å². The topological polar surface area (TPSA) is 144 Å². The van der Waals surface area contributed by atoms with Crippen molar-refractivity contribution in [3.8, 4) is 0 Å². The number of hydrogen-bond donors (Lipinski definition) is 5. The summed E-state index contributed by atoms with van der Waals surface area (Å²) in [6, 6.07) is 4.18. The lowest BCUT2D eigenvalue weighted by molar-refractivity contribution is -0.142. The van der Waals surface area contributed by atoms with Crippen molar-refractivity contribution >= 4 is 46.3 Å². The number of H-pyrrole nitrogens is 1. The summed E-state index contributed by atoms with van der Waals surface area (Å²) in [5.41, 5.74) is 1.42. The van der Waals surface area contributed by atoms with Crippen molar-refractivity contribution in [2.24, 2.45) is 0 Å². The molecule has 1 aliphatic heterocycles. The van der Waals surface area contributed by atoms with E-state index in [1.807, 2.05) is 52.0 Å². The molecular formula is C30H44ClN5O5. The second-order valence-corrected chi connectivity index (χ2v) is 11.5. The van der Waals surface area contributed by atoms with Gasteiger partial charge in [-0.15, -0.1) is 0 Å². The lowest BCUT2D eigenvalue weighted by Gasteiger charge is -2.39. The highest BCUT2D eigenvalue weighted by molar-refractivity contribution is 6.31. The average molecular weight is 590 g/mol. The Morgan fingerprint density at radius 3 is 2.22 bits per heavy atom. The van der Waals surface area contributed by atoms with E-state index < -0.39 is 35.9 Å². The molecule has 0 spiro atoms. The summed E-state index contributed by atoms with van der Waals surface area (Å²) >= 11 is 6.52. The predicted molar refractivity (Wildman–Crippen MR) is 160 cm³/mol. The number of unbranched alkanes of at least 4 members (excludes halogenated alkanes) is 1. The van der Waals surface area contributed by atoms with Crippen molar-refractivity contribution in [1.82, 2.24) is 25.8 Å². The number of fused-ring (bicyclic) bond motifs is 1. The monoisotopic (exact) mass is 589 g/mol. The zero-order valence-electron chi connectivity index (χ0n) is 24.5. The fraction of sp³-hybridized carbons (Fsp3) is 0.600. The summed E-state index contributed by atoms with van der Waals surface area (Å²) in [7, 11) is 0. The summed E-state index contributed by atoms with van der Waals surface area (Å²) in [5, 5.41) is 19.2. The summed E-state index contributed by atoms with van der Waals surface area (Å²) in [4.78, 5) is 57.2. The number of carboxylic acid groups (broad SMARTS) is 1. The maximum absolute atomic E-state index is 13.6. The Balaban J connectivity index is 1.85. The van der Waals surface area contributed by atoms with Crippen molar-refractivity contribution < 1.29 is 24.3 Å². The molecule has 0 radical (unpaired) electrons. The number of benzene rings is 1. The highest BCUT2D eigenvalue weighted by Gasteiger charge is 2.34. The van der Waals surface area contributed by atoms with Gasteiger partial charge in [-0.3, -0.25) is 9.59 Å². The Labute approximate surface area is 246 Å². The van der Waals surface area contributed by atoms with Crippen LogP contribution >= 0.6 is 11.6 Å². The molecule has 226 valence electrons. The first-order valence-corrected chi connectivity index (χ1v) is 15.1. The van der Waals surface area contributed by atoms with Crippen LogP contribution in [0.1, 0.15) is 84.6 Å². The van der Waals surface area contributed by atoms with E-state index in [-0.39, 0.29) is 31.0 Å². The van der Waals surface area contributed by atoms with Crippen molar-refractivity contribution in [3.05, 3.63) is 35.0 Å². The van der Waals surface area contributed by atoms with Gasteiger partial charge in [0.25, 0.3) is 0 Å². The van der Waals surface area contributed by atoms with Gasteiger partial charge in [0, 0.05) is 29.4 Å². The van der Waals surface area contributed by atoms with E-state index in [0.717, 1.165) is 36.6 Å². The number of aromatic amines is 1. The smallest absolute Gasteiger partial charge is 0.326 e. The van der Waals surface area contributed by atoms with Crippen molar-refractivity contribution in [1.29, 1.82) is 0 Å². The maximum Gasteiger partial charge on any atom is 0.326 e. The molecule has 1 saturated heterocycles. The van der Waals surface area contributed by atoms with Crippen LogP contribution in [0.25, 0.3) is 10.9 Å². The number of urea groups is 1. The van der Waals surface area contributed by atoms with Gasteiger partial charge in [-0.05, 0) is 57.6 Å².